The first-order valence-electron chi connectivity index (χ1n) is 8.08. The van der Waals surface area contributed by atoms with Gasteiger partial charge in [-0.25, -0.2) is 4.79 Å². The van der Waals surface area contributed by atoms with E-state index in [1.165, 1.54) is 25.7 Å². The second-order valence-corrected chi connectivity index (χ2v) is 6.06. The maximum Gasteiger partial charge on any atom is 0.319 e. The molecule has 0 bridgehead atoms. The standard InChI is InChI=1S/C18H26N2O2/c1-14(2)13-22-17-11-7-10-16(12-17)20-18(21)19-15-8-5-3-4-6-9-15/h7,10-12,15H,1,3-6,8-9,13H2,2H3,(H2,19,20,21). The Labute approximate surface area is 132 Å². The van der Waals surface area contributed by atoms with Crippen LogP contribution in [0.2, 0.25) is 0 Å². The van der Waals surface area contributed by atoms with Gasteiger partial charge in [-0.3, -0.25) is 0 Å². The molecule has 1 saturated carbocycles. The fraction of sp³-hybridized carbons (Fsp3) is 0.500. The number of nitrogens with one attached hydrogen (secondary N) is 2. The van der Waals surface area contributed by atoms with E-state index in [-0.39, 0.29) is 6.03 Å². The monoisotopic (exact) mass is 302 g/mol. The Morgan fingerprint density at radius 2 is 2.00 bits per heavy atom. The van der Waals surface area contributed by atoms with Gasteiger partial charge in [0.15, 0.2) is 0 Å². The number of hydrogen-bond donors (Lipinski definition) is 2. The van der Waals surface area contributed by atoms with E-state index in [0.29, 0.717) is 12.6 Å². The van der Waals surface area contributed by atoms with Crippen LogP contribution in [0, 0.1) is 0 Å². The third-order valence-corrected chi connectivity index (χ3v) is 3.77. The number of urea groups is 1. The normalized spacial score (nSPS) is 15.7. The molecule has 1 aliphatic carbocycles. The van der Waals surface area contributed by atoms with Gasteiger partial charge >= 0.3 is 6.03 Å². The van der Waals surface area contributed by atoms with Gasteiger partial charge in [0.25, 0.3) is 0 Å². The van der Waals surface area contributed by atoms with Crippen molar-refractivity contribution in [2.24, 2.45) is 0 Å². The van der Waals surface area contributed by atoms with E-state index < -0.39 is 0 Å². The molecule has 0 aromatic heterocycles. The molecule has 0 atom stereocenters. The van der Waals surface area contributed by atoms with Crippen molar-refractivity contribution in [2.75, 3.05) is 11.9 Å². The van der Waals surface area contributed by atoms with Crippen LogP contribution in [-0.4, -0.2) is 18.7 Å². The quantitative estimate of drug-likeness (QED) is 0.622. The lowest BCUT2D eigenvalue weighted by Gasteiger charge is -2.17. The molecular weight excluding hydrogens is 276 g/mol. The zero-order valence-electron chi connectivity index (χ0n) is 13.4. The van der Waals surface area contributed by atoms with E-state index >= 15 is 0 Å². The third-order valence-electron chi connectivity index (χ3n) is 3.77. The second kappa shape index (κ2) is 8.47. The molecule has 2 rings (SSSR count). The smallest absolute Gasteiger partial charge is 0.319 e. The van der Waals surface area contributed by atoms with E-state index in [1.807, 2.05) is 31.2 Å². The summed E-state index contributed by atoms with van der Waals surface area (Å²) in [5.74, 6) is 0.732. The Morgan fingerprint density at radius 1 is 1.27 bits per heavy atom. The van der Waals surface area contributed by atoms with Crippen LogP contribution in [0.4, 0.5) is 10.5 Å². The van der Waals surface area contributed by atoms with Crippen LogP contribution in [0.15, 0.2) is 36.4 Å². The van der Waals surface area contributed by atoms with E-state index in [0.717, 1.165) is 29.9 Å². The molecule has 2 amide bonds. The van der Waals surface area contributed by atoms with Gasteiger partial charge in [0.1, 0.15) is 12.4 Å². The van der Waals surface area contributed by atoms with Crippen molar-refractivity contribution in [1.82, 2.24) is 5.32 Å². The molecule has 2 N–H and O–H groups in total. The largest absolute Gasteiger partial charge is 0.489 e. The van der Waals surface area contributed by atoms with Gasteiger partial charge in [-0.15, -0.1) is 0 Å². The zero-order valence-corrected chi connectivity index (χ0v) is 13.4. The summed E-state index contributed by atoms with van der Waals surface area (Å²) in [5, 5.41) is 5.96. The van der Waals surface area contributed by atoms with Crippen LogP contribution < -0.4 is 15.4 Å². The van der Waals surface area contributed by atoms with Crippen LogP contribution in [0.1, 0.15) is 45.4 Å². The van der Waals surface area contributed by atoms with Crippen LogP contribution >= 0.6 is 0 Å². The van der Waals surface area contributed by atoms with Crippen molar-refractivity contribution in [3.8, 4) is 5.75 Å². The molecule has 0 radical (unpaired) electrons. The minimum atomic E-state index is -0.135. The average molecular weight is 302 g/mol. The molecular formula is C18H26N2O2. The minimum Gasteiger partial charge on any atom is -0.489 e. The third kappa shape index (κ3) is 5.80. The molecule has 1 aromatic carbocycles. The Balaban J connectivity index is 1.85. The molecule has 0 unspecified atom stereocenters. The van der Waals surface area contributed by atoms with Crippen LogP contribution in [0.3, 0.4) is 0 Å². The number of anilines is 1. The summed E-state index contributed by atoms with van der Waals surface area (Å²) in [4.78, 5) is 12.1. The minimum absolute atomic E-state index is 0.135. The summed E-state index contributed by atoms with van der Waals surface area (Å²) in [5.41, 5.74) is 1.70. The van der Waals surface area contributed by atoms with Crippen LogP contribution in [-0.2, 0) is 0 Å². The van der Waals surface area contributed by atoms with Gasteiger partial charge < -0.3 is 15.4 Å². The first-order valence-corrected chi connectivity index (χ1v) is 8.08. The molecule has 1 aromatic rings. The van der Waals surface area contributed by atoms with Gasteiger partial charge in [0.05, 0.1) is 0 Å². The number of carbonyl (C=O) groups excluding carboxylic acids is 1. The number of hydrogen-bond acceptors (Lipinski definition) is 2. The van der Waals surface area contributed by atoms with E-state index in [9.17, 15) is 4.79 Å². The lowest BCUT2D eigenvalue weighted by molar-refractivity contribution is 0.247. The highest BCUT2D eigenvalue weighted by Crippen LogP contribution is 2.19. The topological polar surface area (TPSA) is 50.4 Å². The lowest BCUT2D eigenvalue weighted by Crippen LogP contribution is -2.37. The van der Waals surface area contributed by atoms with Crippen molar-refractivity contribution >= 4 is 11.7 Å². The number of amides is 2. The molecule has 22 heavy (non-hydrogen) atoms. The first-order chi connectivity index (χ1) is 10.6. The van der Waals surface area contributed by atoms with Crippen molar-refractivity contribution in [2.45, 2.75) is 51.5 Å². The Bertz CT molecular complexity index is 506. The maximum absolute atomic E-state index is 12.1. The Morgan fingerprint density at radius 3 is 2.68 bits per heavy atom. The van der Waals surface area contributed by atoms with Gasteiger partial charge in [-0.1, -0.05) is 38.3 Å². The molecule has 1 fully saturated rings. The molecule has 0 heterocycles. The van der Waals surface area contributed by atoms with E-state index in [4.69, 9.17) is 4.74 Å². The van der Waals surface area contributed by atoms with E-state index in [1.54, 1.807) is 0 Å². The molecule has 1 aliphatic rings. The molecule has 4 heteroatoms. The number of benzene rings is 1. The maximum atomic E-state index is 12.1. The Hall–Kier alpha value is -1.97. The van der Waals surface area contributed by atoms with E-state index in [2.05, 4.69) is 17.2 Å². The SMILES string of the molecule is C=C(C)COc1cccc(NC(=O)NC2CCCCCC2)c1. The summed E-state index contributed by atoms with van der Waals surface area (Å²) >= 11 is 0. The van der Waals surface area contributed by atoms with Crippen molar-refractivity contribution in [3.05, 3.63) is 36.4 Å². The molecule has 0 aliphatic heterocycles. The van der Waals surface area contributed by atoms with Crippen LogP contribution in [0.25, 0.3) is 0 Å². The van der Waals surface area contributed by atoms with Gasteiger partial charge in [0, 0.05) is 17.8 Å². The number of carbonyl (C=O) groups is 1. The Kier molecular flexibility index (Phi) is 6.31. The summed E-state index contributed by atoms with van der Waals surface area (Å²) in [6, 6.07) is 7.59. The summed E-state index contributed by atoms with van der Waals surface area (Å²) < 4.78 is 5.58. The molecule has 0 saturated heterocycles. The zero-order chi connectivity index (χ0) is 15.8. The van der Waals surface area contributed by atoms with Gasteiger partial charge in [-0.2, -0.15) is 0 Å². The van der Waals surface area contributed by atoms with Crippen LogP contribution in [0.5, 0.6) is 5.75 Å². The molecule has 0 spiro atoms. The van der Waals surface area contributed by atoms with Crippen molar-refractivity contribution in [3.63, 3.8) is 0 Å². The molecule has 120 valence electrons. The fourth-order valence-corrected chi connectivity index (χ4v) is 2.65. The highest BCUT2D eigenvalue weighted by atomic mass is 16.5. The number of ether oxygens (including phenoxy) is 1. The highest BCUT2D eigenvalue weighted by molar-refractivity contribution is 5.89. The fourth-order valence-electron chi connectivity index (χ4n) is 2.65. The van der Waals surface area contributed by atoms with Gasteiger partial charge in [0.2, 0.25) is 0 Å². The second-order valence-electron chi connectivity index (χ2n) is 6.06. The molecule has 4 nitrogen and oxygen atoms in total. The summed E-state index contributed by atoms with van der Waals surface area (Å²) in [7, 11) is 0. The predicted molar refractivity (Wildman–Crippen MR) is 90.4 cm³/mol. The van der Waals surface area contributed by atoms with Crippen molar-refractivity contribution in [1.29, 1.82) is 0 Å². The summed E-state index contributed by atoms with van der Waals surface area (Å²) in [6.07, 6.45) is 7.12. The summed E-state index contributed by atoms with van der Waals surface area (Å²) in [6.45, 7) is 6.21. The predicted octanol–water partition coefficient (Wildman–Crippen LogP) is 4.49. The average Bonchev–Trinajstić information content (AvgIpc) is 2.74. The van der Waals surface area contributed by atoms with Gasteiger partial charge in [-0.05, 0) is 37.5 Å². The highest BCUT2D eigenvalue weighted by Gasteiger charge is 2.14. The first kappa shape index (κ1) is 16.4. The van der Waals surface area contributed by atoms with Crippen molar-refractivity contribution < 1.29 is 9.53 Å². The lowest BCUT2D eigenvalue weighted by atomic mass is 10.1. The number of rotatable bonds is 5.